The number of aryl methyl sites for hydroxylation is 1. The van der Waals surface area contributed by atoms with Crippen molar-refractivity contribution in [1.29, 1.82) is 0 Å². The molecule has 1 aromatic carbocycles. The molecule has 3 heteroatoms. The van der Waals surface area contributed by atoms with Crippen molar-refractivity contribution in [2.45, 2.75) is 25.8 Å². The van der Waals surface area contributed by atoms with Crippen LogP contribution in [0.3, 0.4) is 0 Å². The van der Waals surface area contributed by atoms with E-state index in [1.54, 1.807) is 0 Å². The van der Waals surface area contributed by atoms with E-state index < -0.39 is 0 Å². The molecule has 0 aliphatic rings. The van der Waals surface area contributed by atoms with Crippen LogP contribution in [-0.4, -0.2) is 6.04 Å². The van der Waals surface area contributed by atoms with E-state index in [-0.39, 0.29) is 6.04 Å². The summed E-state index contributed by atoms with van der Waals surface area (Å²) in [6, 6.07) is 6.22. The second-order valence-corrected chi connectivity index (χ2v) is 4.18. The average molecular weight is 243 g/mol. The van der Waals surface area contributed by atoms with Crippen molar-refractivity contribution in [1.82, 2.24) is 0 Å². The minimum absolute atomic E-state index is 0.235. The van der Waals surface area contributed by atoms with Gasteiger partial charge in [-0.2, -0.15) is 0 Å². The van der Waals surface area contributed by atoms with Crippen molar-refractivity contribution in [3.05, 3.63) is 28.2 Å². The number of hydrogen-bond acceptors (Lipinski definition) is 2. The van der Waals surface area contributed by atoms with E-state index in [4.69, 9.17) is 11.5 Å². The summed E-state index contributed by atoms with van der Waals surface area (Å²) in [7, 11) is 0. The smallest absolute Gasteiger partial charge is 0.0491 e. The van der Waals surface area contributed by atoms with Gasteiger partial charge in [0.25, 0.3) is 0 Å². The molecule has 1 rings (SSSR count). The molecule has 0 aliphatic heterocycles. The predicted octanol–water partition coefficient (Wildman–Crippen LogP) is 2.31. The van der Waals surface area contributed by atoms with E-state index in [9.17, 15) is 0 Å². The van der Waals surface area contributed by atoms with Crippen molar-refractivity contribution >= 4 is 21.6 Å². The summed E-state index contributed by atoms with van der Waals surface area (Å²) in [5, 5.41) is 0. The van der Waals surface area contributed by atoms with Gasteiger partial charge in [-0.05, 0) is 47.3 Å². The monoisotopic (exact) mass is 242 g/mol. The fraction of sp³-hybridized carbons (Fsp3) is 0.400. The van der Waals surface area contributed by atoms with Crippen LogP contribution in [0.1, 0.15) is 18.9 Å². The zero-order chi connectivity index (χ0) is 9.84. The van der Waals surface area contributed by atoms with E-state index in [0.717, 1.165) is 23.0 Å². The Morgan fingerprint density at radius 3 is 2.77 bits per heavy atom. The molecule has 4 N–H and O–H groups in total. The van der Waals surface area contributed by atoms with Gasteiger partial charge >= 0.3 is 0 Å². The number of halogens is 1. The van der Waals surface area contributed by atoms with E-state index in [0.29, 0.717) is 0 Å². The summed E-state index contributed by atoms with van der Waals surface area (Å²) in [6.07, 6.45) is 1.92. The first-order chi connectivity index (χ1) is 6.11. The molecule has 0 bridgehead atoms. The van der Waals surface area contributed by atoms with Gasteiger partial charge in [0, 0.05) is 16.2 Å². The first-order valence-electron chi connectivity index (χ1n) is 4.39. The average Bonchev–Trinajstić information content (AvgIpc) is 2.07. The third-order valence-electron chi connectivity index (χ3n) is 2.01. The van der Waals surface area contributed by atoms with Crippen LogP contribution in [0.15, 0.2) is 22.7 Å². The highest BCUT2D eigenvalue weighted by atomic mass is 79.9. The molecule has 0 fully saturated rings. The SMILES string of the molecule is CC(N)CCc1cccc(Br)c1N. The Kier molecular flexibility index (Phi) is 3.75. The summed E-state index contributed by atoms with van der Waals surface area (Å²) >= 11 is 3.40. The molecule has 2 nitrogen and oxygen atoms in total. The number of nitrogens with two attached hydrogens (primary N) is 2. The van der Waals surface area contributed by atoms with Crippen molar-refractivity contribution in [3.63, 3.8) is 0 Å². The highest BCUT2D eigenvalue weighted by Crippen LogP contribution is 2.23. The van der Waals surface area contributed by atoms with Gasteiger partial charge < -0.3 is 11.5 Å². The van der Waals surface area contributed by atoms with Gasteiger partial charge in [-0.25, -0.2) is 0 Å². The summed E-state index contributed by atoms with van der Waals surface area (Å²) in [4.78, 5) is 0. The lowest BCUT2D eigenvalue weighted by Crippen LogP contribution is -2.15. The molecule has 0 amide bonds. The maximum atomic E-state index is 5.88. The number of benzene rings is 1. The standard InChI is InChI=1S/C10H15BrN2/c1-7(12)5-6-8-3-2-4-9(11)10(8)13/h2-4,7H,5-6,12-13H2,1H3. The molecular weight excluding hydrogens is 228 g/mol. The molecule has 13 heavy (non-hydrogen) atoms. The van der Waals surface area contributed by atoms with Crippen LogP contribution in [0.2, 0.25) is 0 Å². The second-order valence-electron chi connectivity index (χ2n) is 3.33. The van der Waals surface area contributed by atoms with E-state index >= 15 is 0 Å². The van der Waals surface area contributed by atoms with Crippen molar-refractivity contribution in [2.24, 2.45) is 5.73 Å². The van der Waals surface area contributed by atoms with Crippen LogP contribution < -0.4 is 11.5 Å². The highest BCUT2D eigenvalue weighted by Gasteiger charge is 2.03. The molecule has 0 heterocycles. The maximum Gasteiger partial charge on any atom is 0.0491 e. The Hall–Kier alpha value is -0.540. The van der Waals surface area contributed by atoms with E-state index in [1.807, 2.05) is 25.1 Å². The summed E-state index contributed by atoms with van der Waals surface area (Å²) in [6.45, 7) is 2.01. The van der Waals surface area contributed by atoms with E-state index in [1.165, 1.54) is 5.56 Å². The minimum Gasteiger partial charge on any atom is -0.398 e. The van der Waals surface area contributed by atoms with Gasteiger partial charge in [0.15, 0.2) is 0 Å². The quantitative estimate of drug-likeness (QED) is 0.800. The fourth-order valence-corrected chi connectivity index (χ4v) is 1.59. The van der Waals surface area contributed by atoms with Gasteiger partial charge in [0.2, 0.25) is 0 Å². The van der Waals surface area contributed by atoms with Crippen LogP contribution in [-0.2, 0) is 6.42 Å². The van der Waals surface area contributed by atoms with Gasteiger partial charge in [0.1, 0.15) is 0 Å². The molecular formula is C10H15BrN2. The van der Waals surface area contributed by atoms with Gasteiger partial charge in [-0.1, -0.05) is 12.1 Å². The lowest BCUT2D eigenvalue weighted by molar-refractivity contribution is 0.667. The van der Waals surface area contributed by atoms with Gasteiger partial charge in [-0.15, -0.1) is 0 Å². The maximum absolute atomic E-state index is 5.88. The topological polar surface area (TPSA) is 52.0 Å². The number of nitrogen functional groups attached to an aromatic ring is 1. The zero-order valence-corrected chi connectivity index (χ0v) is 9.34. The fourth-order valence-electron chi connectivity index (χ4n) is 1.18. The number of rotatable bonds is 3. The lowest BCUT2D eigenvalue weighted by atomic mass is 10.1. The molecule has 1 unspecified atom stereocenters. The number of anilines is 1. The number of hydrogen-bond donors (Lipinski definition) is 2. The Labute approximate surface area is 87.4 Å². The summed E-state index contributed by atoms with van der Waals surface area (Å²) in [5.74, 6) is 0. The normalized spacial score (nSPS) is 12.8. The molecule has 0 radical (unpaired) electrons. The van der Waals surface area contributed by atoms with E-state index in [2.05, 4.69) is 15.9 Å². The molecule has 0 aromatic heterocycles. The number of para-hydroxylation sites is 1. The summed E-state index contributed by atoms with van der Waals surface area (Å²) in [5.41, 5.74) is 13.6. The minimum atomic E-state index is 0.235. The molecule has 0 saturated heterocycles. The first kappa shape index (κ1) is 10.5. The Bertz CT molecular complexity index is 284. The van der Waals surface area contributed by atoms with Crippen LogP contribution in [0, 0.1) is 0 Å². The molecule has 1 atom stereocenters. The Balaban J connectivity index is 2.71. The van der Waals surface area contributed by atoms with Crippen molar-refractivity contribution in [3.8, 4) is 0 Å². The first-order valence-corrected chi connectivity index (χ1v) is 5.19. The summed E-state index contributed by atoms with van der Waals surface area (Å²) < 4.78 is 0.967. The largest absolute Gasteiger partial charge is 0.398 e. The van der Waals surface area contributed by atoms with Crippen LogP contribution in [0.4, 0.5) is 5.69 Å². The molecule has 0 spiro atoms. The Morgan fingerprint density at radius 1 is 1.46 bits per heavy atom. The van der Waals surface area contributed by atoms with Gasteiger partial charge in [-0.3, -0.25) is 0 Å². The molecule has 0 saturated carbocycles. The predicted molar refractivity (Wildman–Crippen MR) is 60.5 cm³/mol. The Morgan fingerprint density at radius 2 is 2.15 bits per heavy atom. The van der Waals surface area contributed by atoms with Crippen LogP contribution in [0.25, 0.3) is 0 Å². The molecule has 72 valence electrons. The third kappa shape index (κ3) is 3.01. The molecule has 0 aliphatic carbocycles. The third-order valence-corrected chi connectivity index (χ3v) is 2.70. The zero-order valence-electron chi connectivity index (χ0n) is 7.76. The van der Waals surface area contributed by atoms with Crippen molar-refractivity contribution in [2.75, 3.05) is 5.73 Å². The van der Waals surface area contributed by atoms with Gasteiger partial charge in [0.05, 0.1) is 0 Å². The second kappa shape index (κ2) is 4.63. The highest BCUT2D eigenvalue weighted by molar-refractivity contribution is 9.10. The lowest BCUT2D eigenvalue weighted by Gasteiger charge is -2.08. The van der Waals surface area contributed by atoms with Crippen LogP contribution in [0.5, 0.6) is 0 Å². The van der Waals surface area contributed by atoms with Crippen molar-refractivity contribution < 1.29 is 0 Å². The molecule has 1 aromatic rings. The van der Waals surface area contributed by atoms with Crippen LogP contribution >= 0.6 is 15.9 Å².